The first-order valence-corrected chi connectivity index (χ1v) is 6.89. The Hall–Kier alpha value is -1.74. The van der Waals surface area contributed by atoms with Crippen LogP contribution in [0.5, 0.6) is 0 Å². The number of carbonyl (C=O) groups excluding carboxylic acids is 1. The van der Waals surface area contributed by atoms with Crippen LogP contribution in [0.3, 0.4) is 0 Å². The largest absolute Gasteiger partial charge is 0.462 e. The summed E-state index contributed by atoms with van der Waals surface area (Å²) in [6, 6.07) is 0. The van der Waals surface area contributed by atoms with E-state index >= 15 is 0 Å². The third kappa shape index (κ3) is 5.10. The van der Waals surface area contributed by atoms with Crippen LogP contribution in [0.25, 0.3) is 0 Å². The Morgan fingerprint density at radius 1 is 1.55 bits per heavy atom. The minimum Gasteiger partial charge on any atom is -0.462 e. The molecule has 0 radical (unpaired) electrons. The topological polar surface area (TPSA) is 76.1 Å². The highest BCUT2D eigenvalue weighted by Gasteiger charge is 2.15. The first-order valence-electron chi connectivity index (χ1n) is 5.66. The van der Waals surface area contributed by atoms with Crippen molar-refractivity contribution in [2.75, 3.05) is 24.8 Å². The molecule has 0 saturated heterocycles. The Morgan fingerprint density at radius 2 is 2.30 bits per heavy atom. The van der Waals surface area contributed by atoms with Gasteiger partial charge in [-0.25, -0.2) is 20.2 Å². The number of anilines is 1. The van der Waals surface area contributed by atoms with Crippen LogP contribution < -0.4 is 10.9 Å². The van der Waals surface area contributed by atoms with Crippen molar-refractivity contribution in [2.24, 2.45) is 0 Å². The number of carbonyl (C=O) groups is 1. The van der Waals surface area contributed by atoms with Crippen molar-refractivity contribution in [1.82, 2.24) is 15.4 Å². The van der Waals surface area contributed by atoms with Crippen LogP contribution in [-0.2, 0) is 4.74 Å². The van der Waals surface area contributed by atoms with Gasteiger partial charge in [0.1, 0.15) is 5.56 Å². The van der Waals surface area contributed by atoms with Gasteiger partial charge in [0.05, 0.1) is 6.61 Å². The van der Waals surface area contributed by atoms with Crippen molar-refractivity contribution < 1.29 is 18.3 Å². The Kier molecular flexibility index (Phi) is 6.88. The molecule has 1 aromatic rings. The third-order valence-corrected chi connectivity index (χ3v) is 2.57. The number of hydrogen-bond donors (Lipinski definition) is 2. The molecule has 9 heteroatoms. The van der Waals surface area contributed by atoms with Crippen molar-refractivity contribution in [1.29, 1.82) is 0 Å². The summed E-state index contributed by atoms with van der Waals surface area (Å²) >= 11 is 1.29. The summed E-state index contributed by atoms with van der Waals surface area (Å²) in [7, 11) is 0. The molecular formula is C11H14F2N4O2S. The molecule has 0 spiro atoms. The average Bonchev–Trinajstić information content (AvgIpc) is 2.43. The van der Waals surface area contributed by atoms with Crippen LogP contribution in [0, 0.1) is 0 Å². The van der Waals surface area contributed by atoms with E-state index < -0.39 is 12.0 Å². The zero-order chi connectivity index (χ0) is 15.0. The number of thioether (sulfide) groups is 1. The zero-order valence-corrected chi connectivity index (χ0v) is 11.8. The lowest BCUT2D eigenvalue weighted by atomic mass is 10.3. The molecule has 0 atom stereocenters. The minimum atomic E-state index is -1.79. The number of esters is 1. The van der Waals surface area contributed by atoms with E-state index in [0.29, 0.717) is 11.2 Å². The molecule has 6 nitrogen and oxygen atoms in total. The van der Waals surface area contributed by atoms with E-state index in [-0.39, 0.29) is 24.5 Å². The number of nitrogens with zero attached hydrogens (tertiary/aromatic N) is 2. The second-order valence-electron chi connectivity index (χ2n) is 3.34. The Labute approximate surface area is 119 Å². The molecule has 0 aliphatic carbocycles. The van der Waals surface area contributed by atoms with Crippen LogP contribution >= 0.6 is 11.8 Å². The molecule has 0 aliphatic rings. The monoisotopic (exact) mass is 304 g/mol. The van der Waals surface area contributed by atoms with Gasteiger partial charge in [0, 0.05) is 12.7 Å². The van der Waals surface area contributed by atoms with Gasteiger partial charge in [0.2, 0.25) is 0 Å². The normalized spacial score (nSPS) is 10.0. The van der Waals surface area contributed by atoms with Crippen molar-refractivity contribution in [3.63, 3.8) is 0 Å². The summed E-state index contributed by atoms with van der Waals surface area (Å²) in [6.07, 6.45) is 2.00. The fraction of sp³-hybridized carbons (Fsp3) is 0.364. The maximum absolute atomic E-state index is 11.9. The first kappa shape index (κ1) is 16.3. The average molecular weight is 304 g/mol. The predicted octanol–water partition coefficient (Wildman–Crippen LogP) is 2.07. The smallest absolute Gasteiger partial charge is 0.343 e. The van der Waals surface area contributed by atoms with E-state index in [1.807, 2.05) is 0 Å². The van der Waals surface area contributed by atoms with Gasteiger partial charge in [-0.15, -0.1) is 0 Å². The number of hydrogen-bond acceptors (Lipinski definition) is 7. The summed E-state index contributed by atoms with van der Waals surface area (Å²) in [5, 5.41) is 0.439. The van der Waals surface area contributed by atoms with Gasteiger partial charge in [-0.2, -0.15) is 8.78 Å². The van der Waals surface area contributed by atoms with E-state index in [0.717, 1.165) is 0 Å². The lowest BCUT2D eigenvalue weighted by molar-refractivity contribution is 0.0526. The highest BCUT2D eigenvalue weighted by Crippen LogP contribution is 2.16. The highest BCUT2D eigenvalue weighted by molar-refractivity contribution is 7.98. The van der Waals surface area contributed by atoms with Crippen LogP contribution in [0.4, 0.5) is 14.6 Å². The molecule has 0 bridgehead atoms. The summed E-state index contributed by atoms with van der Waals surface area (Å²) in [5.74, 6) is -0.410. The molecule has 110 valence electrons. The molecule has 20 heavy (non-hydrogen) atoms. The molecule has 0 aliphatic heterocycles. The predicted molar refractivity (Wildman–Crippen MR) is 71.7 cm³/mol. The molecule has 0 fully saturated rings. The van der Waals surface area contributed by atoms with E-state index in [2.05, 4.69) is 20.8 Å². The summed E-state index contributed by atoms with van der Waals surface area (Å²) in [4.78, 5) is 19.7. The maximum Gasteiger partial charge on any atom is 0.343 e. The minimum absolute atomic E-state index is 0.122. The second-order valence-corrected chi connectivity index (χ2v) is 4.11. The molecule has 1 aromatic heterocycles. The zero-order valence-electron chi connectivity index (χ0n) is 10.9. The Bertz CT molecular complexity index is 495. The lowest BCUT2D eigenvalue weighted by Crippen LogP contribution is -2.25. The fourth-order valence-electron chi connectivity index (χ4n) is 1.18. The van der Waals surface area contributed by atoms with Gasteiger partial charge < -0.3 is 10.2 Å². The van der Waals surface area contributed by atoms with Gasteiger partial charge in [0.15, 0.2) is 11.0 Å². The van der Waals surface area contributed by atoms with Crippen LogP contribution in [0.15, 0.2) is 23.5 Å². The van der Waals surface area contributed by atoms with Crippen LogP contribution in [0.1, 0.15) is 17.3 Å². The Morgan fingerprint density at radius 3 is 2.90 bits per heavy atom. The van der Waals surface area contributed by atoms with Gasteiger partial charge >= 0.3 is 5.97 Å². The first-order chi connectivity index (χ1) is 9.58. The summed E-state index contributed by atoms with van der Waals surface area (Å²) in [6.45, 7) is 1.77. The van der Waals surface area contributed by atoms with Crippen molar-refractivity contribution >= 4 is 23.5 Å². The van der Waals surface area contributed by atoms with Crippen LogP contribution in [0.2, 0.25) is 0 Å². The Balaban J connectivity index is 2.83. The van der Waals surface area contributed by atoms with Crippen molar-refractivity contribution in [2.45, 2.75) is 12.1 Å². The van der Waals surface area contributed by atoms with Crippen LogP contribution in [-0.4, -0.2) is 35.3 Å². The standard InChI is InChI=1S/C11H14F2N4O2S/c1-3-19-10(18)7-6-14-11(20-2)16-9(7)17-15-5-4-8(12)13/h4,6,15H,3,5H2,1-2H3,(H,14,16,17). The number of ether oxygens (including phenoxy) is 1. The number of rotatable bonds is 7. The summed E-state index contributed by atoms with van der Waals surface area (Å²) in [5.41, 5.74) is 5.22. The number of aromatic nitrogens is 2. The lowest BCUT2D eigenvalue weighted by Gasteiger charge is -2.10. The molecule has 0 unspecified atom stereocenters. The van der Waals surface area contributed by atoms with E-state index in [9.17, 15) is 13.6 Å². The fourth-order valence-corrected chi connectivity index (χ4v) is 1.52. The molecule has 0 saturated carbocycles. The van der Waals surface area contributed by atoms with Gasteiger partial charge in [0.25, 0.3) is 6.08 Å². The van der Waals surface area contributed by atoms with Gasteiger partial charge in [-0.05, 0) is 19.3 Å². The molecule has 0 aromatic carbocycles. The quantitative estimate of drug-likeness (QED) is 0.262. The molecule has 2 N–H and O–H groups in total. The molecule has 1 rings (SSSR count). The number of hydrazine groups is 1. The second kappa shape index (κ2) is 8.43. The van der Waals surface area contributed by atoms with Gasteiger partial charge in [-0.1, -0.05) is 11.8 Å². The van der Waals surface area contributed by atoms with E-state index in [4.69, 9.17) is 4.74 Å². The van der Waals surface area contributed by atoms with Gasteiger partial charge in [-0.3, -0.25) is 0 Å². The van der Waals surface area contributed by atoms with Crippen molar-refractivity contribution in [3.8, 4) is 0 Å². The number of nitrogens with one attached hydrogen (secondary N) is 2. The molecule has 1 heterocycles. The summed E-state index contributed by atoms with van der Waals surface area (Å²) < 4.78 is 28.6. The molecular weight excluding hydrogens is 290 g/mol. The highest BCUT2D eigenvalue weighted by atomic mass is 32.2. The maximum atomic E-state index is 11.9. The third-order valence-electron chi connectivity index (χ3n) is 2.01. The SMILES string of the molecule is CCOC(=O)c1cnc(SC)nc1NNCC=C(F)F. The van der Waals surface area contributed by atoms with E-state index in [1.165, 1.54) is 18.0 Å². The van der Waals surface area contributed by atoms with Crippen molar-refractivity contribution in [3.05, 3.63) is 23.9 Å². The molecule has 0 amide bonds. The number of halogens is 2. The van der Waals surface area contributed by atoms with E-state index in [1.54, 1.807) is 13.2 Å².